The van der Waals surface area contributed by atoms with Crippen LogP contribution in [0.2, 0.25) is 0 Å². The Morgan fingerprint density at radius 2 is 0.447 bits per heavy atom. The quantitative estimate of drug-likeness (QED) is 0.0507. The number of halogens is 12. The Morgan fingerprint density at radius 3 is 0.705 bits per heavy atom. The fourth-order valence-electron chi connectivity index (χ4n) is 16.0. The second kappa shape index (κ2) is 34.0. The number of carbonyl (C=O) groups excluding carboxylic acids is 8. The first kappa shape index (κ1) is 87.2. The highest BCUT2D eigenvalue weighted by atomic mass is 19.4. The van der Waals surface area contributed by atoms with E-state index in [-0.39, 0.29) is 102 Å². The van der Waals surface area contributed by atoms with Gasteiger partial charge in [0.2, 0.25) is 10.8 Å². The summed E-state index contributed by atoms with van der Waals surface area (Å²) in [6.07, 6.45) is -23.3. The number of benzene rings is 14. The number of amides is 8. The highest BCUT2D eigenvalue weighted by Gasteiger charge is 2.74. The molecule has 4 heterocycles. The zero-order valence-corrected chi connectivity index (χ0v) is 68.4. The van der Waals surface area contributed by atoms with Crippen molar-refractivity contribution in [1.82, 2.24) is 0 Å². The molecule has 0 N–H and O–H groups in total. The number of imide groups is 4. The summed E-state index contributed by atoms with van der Waals surface area (Å²) in [6, 6.07) is 74.4. The maximum absolute atomic E-state index is 15.2. The first-order chi connectivity index (χ1) is 63.1. The van der Waals surface area contributed by atoms with Crippen molar-refractivity contribution >= 4 is 70.0 Å². The van der Waals surface area contributed by atoms with Gasteiger partial charge in [-0.1, -0.05) is 138 Å². The van der Waals surface area contributed by atoms with Crippen LogP contribution in [-0.4, -0.2) is 79.1 Å². The van der Waals surface area contributed by atoms with E-state index in [2.05, 4.69) is 23.7 Å². The van der Waals surface area contributed by atoms with Crippen LogP contribution in [0.5, 0.6) is 40.2 Å². The molecule has 28 heteroatoms. The molecule has 0 saturated heterocycles. The summed E-state index contributed by atoms with van der Waals surface area (Å²) in [5, 5.41) is 0. The number of methoxy groups -OCH3 is 1. The minimum Gasteiger partial charge on any atom is -0.497 e. The van der Waals surface area contributed by atoms with Gasteiger partial charge in [-0.25, -0.2) is 19.6 Å². The minimum absolute atomic E-state index is 0.0469. The van der Waals surface area contributed by atoms with Gasteiger partial charge in [0, 0.05) is 22.3 Å². The van der Waals surface area contributed by atoms with Crippen molar-refractivity contribution < 1.29 is 110 Å². The van der Waals surface area contributed by atoms with E-state index < -0.39 is 105 Å². The lowest BCUT2D eigenvalue weighted by molar-refractivity contribution is -0.290. The Balaban J connectivity index is 0.000000211. The van der Waals surface area contributed by atoms with E-state index in [9.17, 15) is 64.7 Å². The zero-order chi connectivity index (χ0) is 93.1. The molecule has 18 rings (SSSR count). The van der Waals surface area contributed by atoms with Crippen LogP contribution in [0, 0.1) is 30.6 Å². The number of rotatable bonds is 16. The number of anilines is 4. The van der Waals surface area contributed by atoms with Gasteiger partial charge in [-0.3, -0.25) is 38.4 Å². The largest absolute Gasteiger partial charge is 0.497 e. The van der Waals surface area contributed by atoms with Crippen LogP contribution >= 0.6 is 0 Å². The van der Waals surface area contributed by atoms with E-state index in [1.165, 1.54) is 116 Å². The fraction of sp³-hybridized carbons (Fsp3) is 0.0769. The molecule has 0 spiro atoms. The number of hydrogen-bond acceptors (Lipinski definition) is 12. The Labute approximate surface area is 742 Å². The first-order valence-corrected chi connectivity index (χ1v) is 40.0. The summed E-state index contributed by atoms with van der Waals surface area (Å²) in [4.78, 5) is 111. The van der Waals surface area contributed by atoms with Gasteiger partial charge in [0.05, 0.1) is 74.4 Å². The second-order valence-corrected chi connectivity index (χ2v) is 30.5. The third kappa shape index (κ3) is 15.9. The number of alkyl halides is 12. The highest BCUT2D eigenvalue weighted by molar-refractivity contribution is 6.37. The van der Waals surface area contributed by atoms with E-state index in [4.69, 9.17) is 18.9 Å². The molecule has 0 saturated carbocycles. The lowest BCUT2D eigenvalue weighted by Gasteiger charge is -2.38. The van der Waals surface area contributed by atoms with Crippen LogP contribution in [-0.2, 0) is 10.8 Å². The van der Waals surface area contributed by atoms with Gasteiger partial charge in [0.15, 0.2) is 0 Å². The fourth-order valence-corrected chi connectivity index (χ4v) is 16.0. The zero-order valence-electron chi connectivity index (χ0n) is 68.4. The molecule has 0 fully saturated rings. The number of carbonyl (C=O) groups is 8. The molecule has 0 bridgehead atoms. The van der Waals surface area contributed by atoms with Crippen LogP contribution in [0.1, 0.15) is 133 Å². The number of hydrogen-bond donors (Lipinski definition) is 0. The number of nitrogens with zero attached hydrogens (tertiary/aromatic N) is 4. The van der Waals surface area contributed by atoms with Crippen molar-refractivity contribution in [3.05, 3.63) is 422 Å². The molecule has 0 aliphatic carbocycles. The highest BCUT2D eigenvalue weighted by Crippen LogP contribution is 2.59. The van der Waals surface area contributed by atoms with Crippen LogP contribution < -0.4 is 38.5 Å². The van der Waals surface area contributed by atoms with Crippen molar-refractivity contribution in [1.29, 1.82) is 0 Å². The Bertz CT molecular complexity index is 7110. The summed E-state index contributed by atoms with van der Waals surface area (Å²) in [5.41, 5.74) is -6.40. The van der Waals surface area contributed by atoms with Crippen LogP contribution in [0.3, 0.4) is 0 Å². The predicted octanol–water partition coefficient (Wildman–Crippen LogP) is 23.6. The summed E-state index contributed by atoms with van der Waals surface area (Å²) in [6.45, 7) is 1.88. The number of ether oxygens (including phenoxy) is 4. The molecule has 4 aliphatic heterocycles. The summed E-state index contributed by atoms with van der Waals surface area (Å²) in [5.74, 6) is 7.55. The standard InChI is InChI=1S/C66H37F6N3O8.C38H23F6NO4/c1-38-7-18-45(19-8-38)73-59(77)53-33-12-41(36-56(53)62(73)80)42-13-34-54-57(37-42)63(81)75(60(54)78)47-22-30-51(31-23-47)83-49-26-16-44(17-27-49)64(65(67,68)69,66(70,71)72)43-14-24-48(25-15-43)82-50-28-20-46(21-29-50)74-58(76)52-32-11-40(35-55(52)61(74)79)10-9-39-5-3-2-4-6-39;1-48-29-16-10-26(11-17-29)36(37(39,40)41,38(42,43)44)27-12-18-30(19-13-27)49-31-20-14-28(15-21-31)45-34(46)32-22-9-25(23-33(32)35(45)47)8-7-24-5-3-2-4-6-24/h2-8,11-37H,1H3;2-6,9-23H,1H3. The van der Waals surface area contributed by atoms with Crippen molar-refractivity contribution in [3.8, 4) is 75.1 Å². The average molecular weight is 1790 g/mol. The predicted molar refractivity (Wildman–Crippen MR) is 463 cm³/mol. The molecular weight excluding hydrogens is 1730 g/mol. The molecule has 0 unspecified atom stereocenters. The molecule has 14 aromatic carbocycles. The SMILES string of the molecule is COc1ccc(C(c2ccc(Oc3ccc(N4C(=O)c5ccc(C#Cc6ccccc6)cc5C4=O)cc3)cc2)(C(F)(F)F)C(F)(F)F)cc1.Cc1ccc(N2C(=O)c3ccc(-c4ccc5c(c4)C(=O)N(c4ccc(Oc6ccc(C(c7ccc(Oc8ccc(N9C(=O)c%10ccc(C#Cc%11ccccc%11)cc%10C9=O)cc8)cc7)(C(F)(F)F)C(F)(F)F)cc6)cc4)C5=O)cc3C2=O)cc1. The molecule has 16 nitrogen and oxygen atoms in total. The second-order valence-electron chi connectivity index (χ2n) is 30.5. The summed E-state index contributed by atoms with van der Waals surface area (Å²) >= 11 is 0. The van der Waals surface area contributed by atoms with Crippen LogP contribution in [0.25, 0.3) is 11.1 Å². The molecule has 0 atom stereocenters. The third-order valence-corrected chi connectivity index (χ3v) is 22.5. The molecule has 132 heavy (non-hydrogen) atoms. The molecule has 8 amide bonds. The lowest BCUT2D eigenvalue weighted by atomic mass is 9.73. The van der Waals surface area contributed by atoms with E-state index in [0.717, 1.165) is 97.0 Å². The van der Waals surface area contributed by atoms with Gasteiger partial charge in [-0.05, 0) is 259 Å². The number of aryl methyl sites for hydroxylation is 1. The Hall–Kier alpha value is -16.9. The first-order valence-electron chi connectivity index (χ1n) is 40.0. The monoisotopic (exact) mass is 1780 g/mol. The lowest BCUT2D eigenvalue weighted by Crippen LogP contribution is -2.54. The van der Waals surface area contributed by atoms with Crippen LogP contribution in [0.15, 0.2) is 328 Å². The topological polar surface area (TPSA) is 186 Å². The van der Waals surface area contributed by atoms with Gasteiger partial charge < -0.3 is 18.9 Å². The van der Waals surface area contributed by atoms with Gasteiger partial charge in [0.1, 0.15) is 40.2 Å². The van der Waals surface area contributed by atoms with Crippen LogP contribution in [0.4, 0.5) is 75.4 Å². The van der Waals surface area contributed by atoms with Crippen molar-refractivity contribution in [3.63, 3.8) is 0 Å². The maximum atomic E-state index is 15.2. The smallest absolute Gasteiger partial charge is 0.411 e. The maximum Gasteiger partial charge on any atom is 0.411 e. The van der Waals surface area contributed by atoms with Gasteiger partial charge >= 0.3 is 24.7 Å². The van der Waals surface area contributed by atoms with E-state index in [1.807, 2.05) is 67.6 Å². The van der Waals surface area contributed by atoms with Crippen molar-refractivity contribution in [2.45, 2.75) is 42.5 Å². The molecule has 4 aliphatic rings. The molecule has 14 aromatic rings. The Morgan fingerprint density at radius 1 is 0.227 bits per heavy atom. The van der Waals surface area contributed by atoms with Gasteiger partial charge in [0.25, 0.3) is 47.3 Å². The third-order valence-electron chi connectivity index (χ3n) is 22.5. The van der Waals surface area contributed by atoms with Gasteiger partial charge in [-0.2, -0.15) is 52.7 Å². The molecule has 0 aromatic heterocycles. The van der Waals surface area contributed by atoms with Crippen molar-refractivity contribution in [2.24, 2.45) is 0 Å². The molecule has 652 valence electrons. The van der Waals surface area contributed by atoms with E-state index in [1.54, 1.807) is 60.7 Å². The van der Waals surface area contributed by atoms with E-state index in [0.29, 0.717) is 64.3 Å². The molecule has 0 radical (unpaired) electrons. The normalized spacial score (nSPS) is 13.6. The van der Waals surface area contributed by atoms with Gasteiger partial charge in [-0.15, -0.1) is 0 Å². The summed E-state index contributed by atoms with van der Waals surface area (Å²) in [7, 11) is 1.24. The Kier molecular flexibility index (Phi) is 22.5. The summed E-state index contributed by atoms with van der Waals surface area (Å²) < 4.78 is 200. The average Bonchev–Trinajstić information content (AvgIpc) is 1.01. The number of fused-ring (bicyclic) bond motifs is 4. The van der Waals surface area contributed by atoms with Crippen molar-refractivity contribution in [2.75, 3.05) is 26.7 Å². The van der Waals surface area contributed by atoms with E-state index >= 15 is 26.3 Å². The minimum atomic E-state index is -5.91. The molecular formula is C104H60F12N4O12.